The molecule has 0 saturated carbocycles. The lowest BCUT2D eigenvalue weighted by atomic mass is 10.3. The van der Waals surface area contributed by atoms with Crippen LogP contribution in [0, 0.1) is 0 Å². The predicted octanol–water partition coefficient (Wildman–Crippen LogP) is 1.30. The molecule has 0 aliphatic carbocycles. The molecule has 136 valence electrons. The molecule has 1 aromatic heterocycles. The lowest BCUT2D eigenvalue weighted by molar-refractivity contribution is 0.281. The Balaban J connectivity index is 1.86. The van der Waals surface area contributed by atoms with E-state index < -0.39 is 0 Å². The Morgan fingerprint density at radius 3 is 2.60 bits per heavy atom. The highest BCUT2D eigenvalue weighted by molar-refractivity contribution is 5.79. The van der Waals surface area contributed by atoms with Gasteiger partial charge < -0.3 is 19.7 Å². The third-order valence-corrected chi connectivity index (χ3v) is 3.63. The molecule has 1 N–H and O–H groups in total. The Morgan fingerprint density at radius 1 is 1.28 bits per heavy atom. The van der Waals surface area contributed by atoms with E-state index in [0.717, 1.165) is 29.8 Å². The summed E-state index contributed by atoms with van der Waals surface area (Å²) < 4.78 is 12.6. The van der Waals surface area contributed by atoms with Gasteiger partial charge in [-0.15, -0.1) is 0 Å². The second kappa shape index (κ2) is 9.51. The number of aliphatic imine (C=N–C) groups is 1. The summed E-state index contributed by atoms with van der Waals surface area (Å²) in [5.41, 5.74) is 0. The average molecular weight is 346 g/mol. The maximum atomic E-state index is 5.77. The smallest absolute Gasteiger partial charge is 0.194 e. The van der Waals surface area contributed by atoms with Crippen molar-refractivity contribution in [2.75, 3.05) is 33.9 Å². The van der Waals surface area contributed by atoms with E-state index in [1.165, 1.54) is 6.33 Å². The Kier molecular flexibility index (Phi) is 7.06. The fourth-order valence-electron chi connectivity index (χ4n) is 2.16. The zero-order valence-corrected chi connectivity index (χ0v) is 15.3. The van der Waals surface area contributed by atoms with E-state index in [1.54, 1.807) is 11.8 Å². The fourth-order valence-corrected chi connectivity index (χ4v) is 2.16. The van der Waals surface area contributed by atoms with Gasteiger partial charge in [-0.2, -0.15) is 5.10 Å². The van der Waals surface area contributed by atoms with Crippen molar-refractivity contribution in [3.8, 4) is 11.5 Å². The van der Waals surface area contributed by atoms with E-state index >= 15 is 0 Å². The summed E-state index contributed by atoms with van der Waals surface area (Å²) in [5.74, 6) is 3.26. The van der Waals surface area contributed by atoms with Crippen molar-refractivity contribution < 1.29 is 9.47 Å². The number of guanidine groups is 1. The summed E-state index contributed by atoms with van der Waals surface area (Å²) in [6.45, 7) is 4.57. The van der Waals surface area contributed by atoms with Crippen LogP contribution in [0.1, 0.15) is 12.7 Å². The van der Waals surface area contributed by atoms with E-state index in [-0.39, 0.29) is 0 Å². The van der Waals surface area contributed by atoms with Gasteiger partial charge in [0.25, 0.3) is 0 Å². The molecule has 8 heteroatoms. The summed E-state index contributed by atoms with van der Waals surface area (Å²) >= 11 is 0. The molecular weight excluding hydrogens is 320 g/mol. The van der Waals surface area contributed by atoms with Crippen molar-refractivity contribution in [3.63, 3.8) is 0 Å². The lowest BCUT2D eigenvalue weighted by Crippen LogP contribution is -2.40. The van der Waals surface area contributed by atoms with E-state index in [0.29, 0.717) is 19.7 Å². The number of likely N-dealkylation sites (N-methyl/N-ethyl adjacent to an activating group) is 1. The monoisotopic (exact) mass is 346 g/mol. The second-order valence-electron chi connectivity index (χ2n) is 5.42. The number of aromatic nitrogens is 3. The van der Waals surface area contributed by atoms with Crippen LogP contribution in [0.15, 0.2) is 35.6 Å². The highest BCUT2D eigenvalue weighted by Gasteiger charge is 2.07. The third kappa shape index (κ3) is 5.66. The Hall–Kier alpha value is -2.77. The summed E-state index contributed by atoms with van der Waals surface area (Å²) in [6, 6.07) is 7.55. The summed E-state index contributed by atoms with van der Waals surface area (Å²) in [6.07, 6.45) is 1.53. The highest BCUT2D eigenvalue weighted by atomic mass is 16.5. The number of hydrogen-bond donors (Lipinski definition) is 1. The number of hydrogen-bond acceptors (Lipinski definition) is 5. The molecule has 25 heavy (non-hydrogen) atoms. The highest BCUT2D eigenvalue weighted by Crippen LogP contribution is 2.16. The topological polar surface area (TPSA) is 76.8 Å². The van der Waals surface area contributed by atoms with Crippen LogP contribution in [0.3, 0.4) is 0 Å². The Labute approximate surface area is 148 Å². The van der Waals surface area contributed by atoms with E-state index in [9.17, 15) is 0 Å². The van der Waals surface area contributed by atoms with Gasteiger partial charge in [0.05, 0.1) is 13.7 Å². The lowest BCUT2D eigenvalue weighted by Gasteiger charge is -2.22. The summed E-state index contributed by atoms with van der Waals surface area (Å²) in [5, 5.41) is 7.33. The van der Waals surface area contributed by atoms with Gasteiger partial charge in [-0.25, -0.2) is 9.98 Å². The van der Waals surface area contributed by atoms with Gasteiger partial charge in [-0.1, -0.05) is 0 Å². The number of methoxy groups -OCH3 is 1. The number of aryl methyl sites for hydroxylation is 1. The van der Waals surface area contributed by atoms with Crippen molar-refractivity contribution in [2.45, 2.75) is 13.5 Å². The largest absolute Gasteiger partial charge is 0.497 e. The van der Waals surface area contributed by atoms with Gasteiger partial charge in [-0.3, -0.25) is 4.68 Å². The van der Waals surface area contributed by atoms with Crippen LogP contribution < -0.4 is 14.8 Å². The van der Waals surface area contributed by atoms with Crippen LogP contribution in [-0.4, -0.2) is 59.5 Å². The van der Waals surface area contributed by atoms with Gasteiger partial charge in [-0.05, 0) is 31.2 Å². The average Bonchev–Trinajstić information content (AvgIpc) is 3.04. The molecule has 0 radical (unpaired) electrons. The number of nitrogens with zero attached hydrogens (tertiary/aromatic N) is 5. The quantitative estimate of drug-likeness (QED) is 0.573. The molecule has 0 aliphatic heterocycles. The van der Waals surface area contributed by atoms with Crippen molar-refractivity contribution in [2.24, 2.45) is 12.0 Å². The van der Waals surface area contributed by atoms with Gasteiger partial charge in [0.1, 0.15) is 36.8 Å². The van der Waals surface area contributed by atoms with Crippen molar-refractivity contribution in [3.05, 3.63) is 36.4 Å². The van der Waals surface area contributed by atoms with Gasteiger partial charge in [0.2, 0.25) is 0 Å². The first-order valence-corrected chi connectivity index (χ1v) is 8.23. The molecule has 2 rings (SSSR count). The van der Waals surface area contributed by atoms with Crippen LogP contribution in [-0.2, 0) is 13.6 Å². The molecule has 0 amide bonds. The van der Waals surface area contributed by atoms with Crippen molar-refractivity contribution in [1.82, 2.24) is 25.0 Å². The predicted molar refractivity (Wildman–Crippen MR) is 96.9 cm³/mol. The van der Waals surface area contributed by atoms with E-state index in [1.807, 2.05) is 50.2 Å². The molecule has 1 heterocycles. The molecule has 8 nitrogen and oxygen atoms in total. The molecule has 0 saturated heterocycles. The number of ether oxygens (including phenoxy) is 2. The summed E-state index contributed by atoms with van der Waals surface area (Å²) in [7, 11) is 5.49. The first kappa shape index (κ1) is 18.6. The molecule has 0 fully saturated rings. The van der Waals surface area contributed by atoms with Crippen molar-refractivity contribution in [1.29, 1.82) is 0 Å². The van der Waals surface area contributed by atoms with Crippen LogP contribution in [0.2, 0.25) is 0 Å². The minimum Gasteiger partial charge on any atom is -0.497 e. The molecule has 0 unspecified atom stereocenters. The number of rotatable bonds is 8. The standard InChI is InChI=1S/C17H26N6O2/c1-5-18-17(19-12-16-20-13-21-23(16)3)22(2)10-11-25-15-8-6-14(24-4)7-9-15/h6-9,13H,5,10-12H2,1-4H3,(H,18,19). The van der Waals surface area contributed by atoms with Gasteiger partial charge >= 0.3 is 0 Å². The molecular formula is C17H26N6O2. The maximum absolute atomic E-state index is 5.77. The maximum Gasteiger partial charge on any atom is 0.194 e. The van der Waals surface area contributed by atoms with E-state index in [2.05, 4.69) is 20.4 Å². The zero-order chi connectivity index (χ0) is 18.1. The molecule has 0 bridgehead atoms. The zero-order valence-electron chi connectivity index (χ0n) is 15.3. The van der Waals surface area contributed by atoms with Crippen LogP contribution in [0.4, 0.5) is 0 Å². The van der Waals surface area contributed by atoms with Gasteiger partial charge in [0.15, 0.2) is 5.96 Å². The minimum absolute atomic E-state index is 0.475. The third-order valence-electron chi connectivity index (χ3n) is 3.63. The van der Waals surface area contributed by atoms with Gasteiger partial charge in [0, 0.05) is 20.6 Å². The Bertz CT molecular complexity index is 668. The Morgan fingerprint density at radius 2 is 2.00 bits per heavy atom. The van der Waals surface area contributed by atoms with Crippen LogP contribution >= 0.6 is 0 Å². The second-order valence-corrected chi connectivity index (χ2v) is 5.42. The molecule has 1 aromatic carbocycles. The molecule has 0 aliphatic rings. The fraction of sp³-hybridized carbons (Fsp3) is 0.471. The van der Waals surface area contributed by atoms with Crippen LogP contribution in [0.5, 0.6) is 11.5 Å². The first-order valence-electron chi connectivity index (χ1n) is 8.23. The first-order chi connectivity index (χ1) is 12.1. The van der Waals surface area contributed by atoms with E-state index in [4.69, 9.17) is 9.47 Å². The van der Waals surface area contributed by atoms with Crippen LogP contribution in [0.25, 0.3) is 0 Å². The number of nitrogens with one attached hydrogen (secondary N) is 1. The molecule has 2 aromatic rings. The van der Waals surface area contributed by atoms with Crippen molar-refractivity contribution >= 4 is 5.96 Å². The SMILES string of the molecule is CCNC(=NCc1ncnn1C)N(C)CCOc1ccc(OC)cc1. The molecule has 0 spiro atoms. The minimum atomic E-state index is 0.475. The molecule has 0 atom stereocenters. The summed E-state index contributed by atoms with van der Waals surface area (Å²) in [4.78, 5) is 10.8. The number of benzene rings is 1. The normalized spacial score (nSPS) is 11.3.